The molecule has 0 saturated heterocycles. The van der Waals surface area contributed by atoms with Crippen molar-refractivity contribution < 1.29 is 0 Å². The van der Waals surface area contributed by atoms with E-state index in [9.17, 15) is 0 Å². The highest BCUT2D eigenvalue weighted by Crippen LogP contribution is 2.45. The lowest BCUT2D eigenvalue weighted by Crippen LogP contribution is -2.10. The second-order valence-corrected chi connectivity index (χ2v) is 16.4. The van der Waals surface area contributed by atoms with Crippen molar-refractivity contribution in [2.45, 2.75) is 52.4 Å². The SMILES string of the molecule is CC(C)(C)c1ccc(-c2ccc3c(c2)sc2ccc4c(ccc5sc6cc(-c7ccc(C(C)(C)C)cc7)ccc6c54)c23)cc1. The van der Waals surface area contributed by atoms with E-state index in [1.165, 1.54) is 84.5 Å². The molecule has 6 aromatic carbocycles. The van der Waals surface area contributed by atoms with Crippen molar-refractivity contribution in [1.29, 1.82) is 0 Å². The van der Waals surface area contributed by atoms with Gasteiger partial charge in [-0.1, -0.05) is 126 Å². The maximum absolute atomic E-state index is 2.38. The molecule has 0 amide bonds. The molecule has 8 rings (SSSR count). The van der Waals surface area contributed by atoms with Crippen molar-refractivity contribution >= 4 is 73.8 Å². The van der Waals surface area contributed by atoms with Crippen LogP contribution in [0.1, 0.15) is 52.7 Å². The smallest absolute Gasteiger partial charge is 0.0361 e. The van der Waals surface area contributed by atoms with E-state index in [1.54, 1.807) is 0 Å². The van der Waals surface area contributed by atoms with E-state index >= 15 is 0 Å². The van der Waals surface area contributed by atoms with Gasteiger partial charge in [-0.2, -0.15) is 0 Å². The molecule has 0 spiro atoms. The maximum atomic E-state index is 2.38. The average molecular weight is 605 g/mol. The third-order valence-corrected chi connectivity index (χ3v) is 11.5. The first-order valence-corrected chi connectivity index (χ1v) is 17.1. The van der Waals surface area contributed by atoms with Crippen LogP contribution >= 0.6 is 22.7 Å². The molecule has 0 N–H and O–H groups in total. The highest BCUT2D eigenvalue weighted by atomic mass is 32.1. The lowest BCUT2D eigenvalue weighted by molar-refractivity contribution is 0.590. The first kappa shape index (κ1) is 27.6. The van der Waals surface area contributed by atoms with Gasteiger partial charge in [0.25, 0.3) is 0 Å². The zero-order valence-corrected chi connectivity index (χ0v) is 27.8. The van der Waals surface area contributed by atoms with Gasteiger partial charge >= 0.3 is 0 Å². The van der Waals surface area contributed by atoms with E-state index in [1.807, 2.05) is 22.7 Å². The van der Waals surface area contributed by atoms with Crippen LogP contribution in [0, 0.1) is 0 Å². The fourth-order valence-corrected chi connectivity index (χ4v) is 8.96. The Morgan fingerprint density at radius 1 is 0.341 bits per heavy atom. The quantitative estimate of drug-likeness (QED) is 0.184. The minimum Gasteiger partial charge on any atom is -0.135 e. The molecule has 0 unspecified atom stereocenters. The van der Waals surface area contributed by atoms with Crippen LogP contribution in [0.25, 0.3) is 73.4 Å². The van der Waals surface area contributed by atoms with Crippen molar-refractivity contribution in [1.82, 2.24) is 0 Å². The van der Waals surface area contributed by atoms with Crippen LogP contribution in [0.5, 0.6) is 0 Å². The van der Waals surface area contributed by atoms with Crippen molar-refractivity contribution in [2.75, 3.05) is 0 Å². The molecule has 8 aromatic rings. The topological polar surface area (TPSA) is 0 Å². The summed E-state index contributed by atoms with van der Waals surface area (Å²) in [7, 11) is 0. The van der Waals surface area contributed by atoms with Crippen molar-refractivity contribution in [2.24, 2.45) is 0 Å². The third-order valence-electron chi connectivity index (χ3n) is 9.23. The first-order valence-electron chi connectivity index (χ1n) is 15.5. The second-order valence-electron chi connectivity index (χ2n) is 14.3. The third kappa shape index (κ3) is 4.47. The summed E-state index contributed by atoms with van der Waals surface area (Å²) in [5.74, 6) is 0. The molecule has 0 fully saturated rings. The van der Waals surface area contributed by atoms with Gasteiger partial charge in [-0.3, -0.25) is 0 Å². The normalized spacial score (nSPS) is 12.8. The van der Waals surface area contributed by atoms with Crippen LogP contribution in [0.3, 0.4) is 0 Å². The highest BCUT2D eigenvalue weighted by molar-refractivity contribution is 7.26. The Labute approximate surface area is 267 Å². The van der Waals surface area contributed by atoms with E-state index in [4.69, 9.17) is 0 Å². The molecule has 0 aliphatic rings. The van der Waals surface area contributed by atoms with Gasteiger partial charge in [0.15, 0.2) is 0 Å². The summed E-state index contributed by atoms with van der Waals surface area (Å²) in [6, 6.07) is 41.6. The van der Waals surface area contributed by atoms with E-state index in [-0.39, 0.29) is 10.8 Å². The molecule has 0 atom stereocenters. The zero-order chi connectivity index (χ0) is 30.4. The van der Waals surface area contributed by atoms with Crippen LogP contribution in [-0.2, 0) is 10.8 Å². The Bertz CT molecular complexity index is 2190. The fourth-order valence-electron chi connectivity index (χ4n) is 6.64. The number of thiophene rings is 2. The van der Waals surface area contributed by atoms with Crippen LogP contribution in [0.2, 0.25) is 0 Å². The van der Waals surface area contributed by atoms with E-state index in [0.717, 1.165) is 0 Å². The summed E-state index contributed by atoms with van der Waals surface area (Å²) in [5.41, 5.74) is 8.18. The zero-order valence-electron chi connectivity index (χ0n) is 26.2. The van der Waals surface area contributed by atoms with Gasteiger partial charge in [0.2, 0.25) is 0 Å². The predicted molar refractivity (Wildman–Crippen MR) is 198 cm³/mol. The Balaban J connectivity index is 1.24. The largest absolute Gasteiger partial charge is 0.135 e. The predicted octanol–water partition coefficient (Wildman–Crippen LogP) is 13.5. The summed E-state index contributed by atoms with van der Waals surface area (Å²) in [6.45, 7) is 13.6. The molecule has 0 radical (unpaired) electrons. The van der Waals surface area contributed by atoms with Gasteiger partial charge in [0.05, 0.1) is 0 Å². The molecule has 2 heteroatoms. The number of rotatable bonds is 2. The fraction of sp³-hybridized carbons (Fsp3) is 0.190. The van der Waals surface area contributed by atoms with Gasteiger partial charge in [0, 0.05) is 40.3 Å². The number of benzene rings is 6. The number of hydrogen-bond donors (Lipinski definition) is 0. The molecule has 2 aromatic heterocycles. The molecule has 0 aliphatic carbocycles. The molecule has 0 saturated carbocycles. The highest BCUT2D eigenvalue weighted by Gasteiger charge is 2.17. The van der Waals surface area contributed by atoms with Gasteiger partial charge < -0.3 is 0 Å². The molecule has 0 nitrogen and oxygen atoms in total. The van der Waals surface area contributed by atoms with Gasteiger partial charge in [-0.15, -0.1) is 22.7 Å². The van der Waals surface area contributed by atoms with E-state index in [0.29, 0.717) is 0 Å². The summed E-state index contributed by atoms with van der Waals surface area (Å²) in [5, 5.41) is 8.18. The lowest BCUT2D eigenvalue weighted by atomic mass is 9.86. The van der Waals surface area contributed by atoms with Gasteiger partial charge in [0.1, 0.15) is 0 Å². The molecular formula is C42H36S2. The van der Waals surface area contributed by atoms with Crippen molar-refractivity contribution in [3.05, 3.63) is 120 Å². The molecule has 216 valence electrons. The molecule has 2 heterocycles. The van der Waals surface area contributed by atoms with Crippen LogP contribution in [0.15, 0.2) is 109 Å². The molecule has 0 aliphatic heterocycles. The summed E-state index contributed by atoms with van der Waals surface area (Å²) in [4.78, 5) is 0. The van der Waals surface area contributed by atoms with Gasteiger partial charge in [-0.05, 0) is 79.2 Å². The monoisotopic (exact) mass is 604 g/mol. The second kappa shape index (κ2) is 9.76. The summed E-state index contributed by atoms with van der Waals surface area (Å²) in [6.07, 6.45) is 0. The average Bonchev–Trinajstić information content (AvgIpc) is 3.58. The lowest BCUT2D eigenvalue weighted by Gasteiger charge is -2.19. The Kier molecular flexibility index (Phi) is 6.11. The minimum absolute atomic E-state index is 0.162. The Morgan fingerprint density at radius 2 is 0.682 bits per heavy atom. The van der Waals surface area contributed by atoms with Gasteiger partial charge in [-0.25, -0.2) is 0 Å². The molecular weight excluding hydrogens is 569 g/mol. The van der Waals surface area contributed by atoms with Crippen molar-refractivity contribution in [3.63, 3.8) is 0 Å². The van der Waals surface area contributed by atoms with E-state index < -0.39 is 0 Å². The first-order chi connectivity index (χ1) is 21.0. The van der Waals surface area contributed by atoms with Crippen LogP contribution < -0.4 is 0 Å². The minimum atomic E-state index is 0.162. The standard InChI is InChI=1S/C42H36S2/c1-41(2,3)29-13-7-25(8-14-29)27-11-17-33-37(23-27)43-35-21-19-32-31(39(33)35)20-22-36-40(32)34-18-12-28(24-38(34)44-36)26-9-15-30(16-10-26)42(4,5)6/h7-24H,1-6H3. The summed E-state index contributed by atoms with van der Waals surface area (Å²) < 4.78 is 5.41. The molecule has 44 heavy (non-hydrogen) atoms. The Hall–Kier alpha value is -3.98. The van der Waals surface area contributed by atoms with Crippen LogP contribution in [-0.4, -0.2) is 0 Å². The van der Waals surface area contributed by atoms with Crippen molar-refractivity contribution in [3.8, 4) is 22.3 Å². The summed E-state index contributed by atoms with van der Waals surface area (Å²) >= 11 is 3.82. The molecule has 0 bridgehead atoms. The maximum Gasteiger partial charge on any atom is 0.0361 e. The number of hydrogen-bond acceptors (Lipinski definition) is 2. The Morgan fingerprint density at radius 3 is 1.05 bits per heavy atom. The van der Waals surface area contributed by atoms with Crippen LogP contribution in [0.4, 0.5) is 0 Å². The number of fused-ring (bicyclic) bond motifs is 9. The van der Waals surface area contributed by atoms with E-state index in [2.05, 4.69) is 151 Å².